The van der Waals surface area contributed by atoms with Crippen molar-refractivity contribution in [2.45, 2.75) is 6.04 Å². The van der Waals surface area contributed by atoms with Gasteiger partial charge in [0.1, 0.15) is 5.82 Å². The third kappa shape index (κ3) is 3.23. The van der Waals surface area contributed by atoms with Gasteiger partial charge in [0.2, 0.25) is 5.28 Å². The number of hydrogen-bond acceptors (Lipinski definition) is 5. The van der Waals surface area contributed by atoms with Gasteiger partial charge in [0, 0.05) is 6.20 Å². The number of hydrogen-bond donors (Lipinski definition) is 3. The normalized spacial score (nSPS) is 11.9. The highest BCUT2D eigenvalue weighted by molar-refractivity contribution is 6.28. The zero-order valence-electron chi connectivity index (χ0n) is 10.5. The Kier molecular flexibility index (Phi) is 4.49. The number of carbonyl (C=O) groups is 1. The Hall–Kier alpha value is -2.18. The van der Waals surface area contributed by atoms with Gasteiger partial charge in [-0.1, -0.05) is 30.3 Å². The molecule has 0 bridgehead atoms. The maximum absolute atomic E-state index is 11.3. The first-order valence-electron chi connectivity index (χ1n) is 5.86. The minimum absolute atomic E-state index is 0.0118. The van der Waals surface area contributed by atoms with Crippen LogP contribution in [0.15, 0.2) is 36.5 Å². The quantitative estimate of drug-likeness (QED) is 0.723. The van der Waals surface area contributed by atoms with E-state index in [2.05, 4.69) is 15.3 Å². The van der Waals surface area contributed by atoms with E-state index in [1.54, 1.807) is 0 Å². The van der Waals surface area contributed by atoms with Crippen molar-refractivity contribution in [3.8, 4) is 0 Å². The molecule has 0 radical (unpaired) electrons. The average molecular weight is 293 g/mol. The topological polar surface area (TPSA) is 101 Å². The second-order valence-electron chi connectivity index (χ2n) is 4.06. The zero-order chi connectivity index (χ0) is 14.5. The Morgan fingerprint density at radius 1 is 1.40 bits per heavy atom. The summed E-state index contributed by atoms with van der Waals surface area (Å²) >= 11 is 5.72. The van der Waals surface area contributed by atoms with Crippen LogP contribution in [0.4, 0.5) is 5.82 Å². The molecule has 0 fully saturated rings. The summed E-state index contributed by atoms with van der Waals surface area (Å²) in [5, 5.41) is 12.4. The average Bonchev–Trinajstić information content (AvgIpc) is 2.45. The van der Waals surface area contributed by atoms with Crippen molar-refractivity contribution in [1.29, 1.82) is 0 Å². The molecule has 104 valence electrons. The smallest absolute Gasteiger partial charge is 0.254 e. The molecule has 1 aromatic carbocycles. The minimum atomic E-state index is -0.672. The van der Waals surface area contributed by atoms with Crippen LogP contribution in [0.3, 0.4) is 0 Å². The summed E-state index contributed by atoms with van der Waals surface area (Å²) < 4.78 is 0. The van der Waals surface area contributed by atoms with E-state index in [1.807, 2.05) is 30.3 Å². The van der Waals surface area contributed by atoms with Gasteiger partial charge < -0.3 is 16.2 Å². The number of aromatic nitrogens is 2. The molecule has 0 aliphatic heterocycles. The molecule has 1 aromatic heterocycles. The van der Waals surface area contributed by atoms with Crippen LogP contribution in [-0.2, 0) is 0 Å². The highest BCUT2D eigenvalue weighted by Gasteiger charge is 2.16. The molecule has 2 rings (SSSR count). The summed E-state index contributed by atoms with van der Waals surface area (Å²) in [6.07, 6.45) is 1.25. The summed E-state index contributed by atoms with van der Waals surface area (Å²) in [5.74, 6) is -0.477. The van der Waals surface area contributed by atoms with Gasteiger partial charge in [0.25, 0.3) is 5.91 Å². The van der Waals surface area contributed by atoms with Gasteiger partial charge in [-0.05, 0) is 17.2 Å². The number of rotatable bonds is 5. The van der Waals surface area contributed by atoms with Crippen LogP contribution in [0.2, 0.25) is 5.28 Å². The number of nitrogens with zero attached hydrogens (tertiary/aromatic N) is 2. The molecule has 1 heterocycles. The van der Waals surface area contributed by atoms with Crippen LogP contribution in [0.25, 0.3) is 0 Å². The van der Waals surface area contributed by atoms with Gasteiger partial charge in [-0.2, -0.15) is 4.98 Å². The number of benzene rings is 1. The Morgan fingerprint density at radius 2 is 2.10 bits per heavy atom. The lowest BCUT2D eigenvalue weighted by atomic mass is 10.1. The van der Waals surface area contributed by atoms with Crippen molar-refractivity contribution in [2.75, 3.05) is 11.9 Å². The van der Waals surface area contributed by atoms with Crippen LogP contribution < -0.4 is 11.1 Å². The van der Waals surface area contributed by atoms with Gasteiger partial charge in [-0.25, -0.2) is 4.98 Å². The Bertz CT molecular complexity index is 607. The lowest BCUT2D eigenvalue weighted by Crippen LogP contribution is -2.20. The SMILES string of the molecule is NC(=O)c1cnc(Cl)nc1N[C@H](CO)c1ccccc1. The summed E-state index contributed by atoms with van der Waals surface area (Å²) in [7, 11) is 0. The summed E-state index contributed by atoms with van der Waals surface area (Å²) in [5.41, 5.74) is 6.22. The van der Waals surface area contributed by atoms with Crippen molar-refractivity contribution in [3.63, 3.8) is 0 Å². The standard InChI is InChI=1S/C13H13ClN4O2/c14-13-16-6-9(11(15)20)12(18-13)17-10(7-19)8-4-2-1-3-5-8/h1-6,10,19H,7H2,(H2,15,20)(H,16,17,18)/t10-/m1/s1. The van der Waals surface area contributed by atoms with E-state index in [1.165, 1.54) is 6.20 Å². The van der Waals surface area contributed by atoms with Crippen LogP contribution in [0, 0.1) is 0 Å². The maximum Gasteiger partial charge on any atom is 0.254 e. The first kappa shape index (κ1) is 14.2. The number of nitrogens with two attached hydrogens (primary N) is 1. The number of amides is 1. The van der Waals surface area contributed by atoms with Gasteiger partial charge in [-0.3, -0.25) is 4.79 Å². The number of aliphatic hydroxyl groups excluding tert-OH is 1. The van der Waals surface area contributed by atoms with E-state index in [4.69, 9.17) is 17.3 Å². The minimum Gasteiger partial charge on any atom is -0.394 e. The maximum atomic E-state index is 11.3. The van der Waals surface area contributed by atoms with E-state index >= 15 is 0 Å². The fourth-order valence-electron chi connectivity index (χ4n) is 1.74. The molecular weight excluding hydrogens is 280 g/mol. The van der Waals surface area contributed by atoms with Crippen LogP contribution in [0.1, 0.15) is 22.0 Å². The third-order valence-electron chi connectivity index (χ3n) is 2.72. The van der Waals surface area contributed by atoms with Crippen molar-refractivity contribution >= 4 is 23.3 Å². The number of primary amides is 1. The van der Waals surface area contributed by atoms with E-state index in [9.17, 15) is 9.90 Å². The summed E-state index contributed by atoms with van der Waals surface area (Å²) in [4.78, 5) is 19.0. The Labute approximate surface area is 120 Å². The second kappa shape index (κ2) is 6.31. The first-order valence-corrected chi connectivity index (χ1v) is 6.24. The lowest BCUT2D eigenvalue weighted by Gasteiger charge is -2.18. The van der Waals surface area contributed by atoms with Gasteiger partial charge in [0.15, 0.2) is 0 Å². The first-order chi connectivity index (χ1) is 9.61. The number of carbonyl (C=O) groups excluding carboxylic acids is 1. The van der Waals surface area contributed by atoms with Crippen molar-refractivity contribution < 1.29 is 9.90 Å². The Morgan fingerprint density at radius 3 is 2.70 bits per heavy atom. The van der Waals surface area contributed by atoms with E-state index in [0.29, 0.717) is 0 Å². The van der Waals surface area contributed by atoms with Gasteiger partial charge in [-0.15, -0.1) is 0 Å². The molecule has 6 nitrogen and oxygen atoms in total. The highest BCUT2D eigenvalue weighted by Crippen LogP contribution is 2.21. The zero-order valence-corrected chi connectivity index (χ0v) is 11.2. The molecule has 0 aliphatic rings. The van der Waals surface area contributed by atoms with Crippen LogP contribution >= 0.6 is 11.6 Å². The molecule has 1 amide bonds. The molecular formula is C13H13ClN4O2. The molecule has 0 spiro atoms. The van der Waals surface area contributed by atoms with E-state index in [-0.39, 0.29) is 23.3 Å². The largest absolute Gasteiger partial charge is 0.394 e. The predicted molar refractivity (Wildman–Crippen MR) is 75.5 cm³/mol. The molecule has 0 aliphatic carbocycles. The lowest BCUT2D eigenvalue weighted by molar-refractivity contribution is 0.1000. The van der Waals surface area contributed by atoms with Gasteiger partial charge >= 0.3 is 0 Å². The highest BCUT2D eigenvalue weighted by atomic mass is 35.5. The molecule has 20 heavy (non-hydrogen) atoms. The number of anilines is 1. The third-order valence-corrected chi connectivity index (χ3v) is 2.90. The van der Waals surface area contributed by atoms with Crippen molar-refractivity contribution in [1.82, 2.24) is 9.97 Å². The summed E-state index contributed by atoms with van der Waals surface area (Å²) in [6.45, 7) is -0.177. The van der Waals surface area contributed by atoms with E-state index < -0.39 is 11.9 Å². The molecule has 0 unspecified atom stereocenters. The van der Waals surface area contributed by atoms with Crippen LogP contribution in [-0.4, -0.2) is 27.6 Å². The van der Waals surface area contributed by atoms with Gasteiger partial charge in [0.05, 0.1) is 18.2 Å². The number of nitrogens with one attached hydrogen (secondary N) is 1. The van der Waals surface area contributed by atoms with Crippen molar-refractivity contribution in [3.05, 3.63) is 52.9 Å². The monoisotopic (exact) mass is 292 g/mol. The summed E-state index contributed by atoms with van der Waals surface area (Å²) in [6, 6.07) is 8.83. The Balaban J connectivity index is 2.32. The molecule has 2 aromatic rings. The predicted octanol–water partition coefficient (Wildman–Crippen LogP) is 1.37. The molecule has 7 heteroatoms. The number of aliphatic hydroxyl groups is 1. The second-order valence-corrected chi connectivity index (χ2v) is 4.39. The van der Waals surface area contributed by atoms with Crippen LogP contribution in [0.5, 0.6) is 0 Å². The van der Waals surface area contributed by atoms with E-state index in [0.717, 1.165) is 5.56 Å². The molecule has 4 N–H and O–H groups in total. The molecule has 0 saturated heterocycles. The molecule has 0 saturated carbocycles. The fourth-order valence-corrected chi connectivity index (χ4v) is 1.87. The van der Waals surface area contributed by atoms with Crippen molar-refractivity contribution in [2.24, 2.45) is 5.73 Å². The molecule has 1 atom stereocenters. The fraction of sp³-hybridized carbons (Fsp3) is 0.154. The number of halogens is 1.